The Kier molecular flexibility index (Phi) is 6.76. The van der Waals surface area contributed by atoms with Crippen molar-refractivity contribution >= 4 is 17.3 Å². The van der Waals surface area contributed by atoms with Crippen LogP contribution in [-0.4, -0.2) is 58.3 Å². The highest BCUT2D eigenvalue weighted by Crippen LogP contribution is 2.31. The van der Waals surface area contributed by atoms with Gasteiger partial charge < -0.3 is 24.6 Å². The molecule has 0 aliphatic carbocycles. The standard InChI is InChI=1S/C22H29N3O3/c1-24-13-15-25(16-14-24)19-10-8-18(9-11-19)23-21(26)12-7-17-5-4-6-20(27-2)22(17)28-3/h4-6,8-11H,7,12-16H2,1-3H3,(H,23,26). The van der Waals surface area contributed by atoms with Crippen molar-refractivity contribution in [3.8, 4) is 11.5 Å². The van der Waals surface area contributed by atoms with Gasteiger partial charge in [-0.15, -0.1) is 0 Å². The number of benzene rings is 2. The van der Waals surface area contributed by atoms with Crippen molar-refractivity contribution < 1.29 is 14.3 Å². The van der Waals surface area contributed by atoms with E-state index in [1.54, 1.807) is 14.2 Å². The van der Waals surface area contributed by atoms with E-state index in [-0.39, 0.29) is 5.91 Å². The van der Waals surface area contributed by atoms with Gasteiger partial charge in [0.25, 0.3) is 0 Å². The summed E-state index contributed by atoms with van der Waals surface area (Å²) in [6.07, 6.45) is 0.968. The van der Waals surface area contributed by atoms with Crippen molar-refractivity contribution in [3.05, 3.63) is 48.0 Å². The van der Waals surface area contributed by atoms with Crippen molar-refractivity contribution in [2.45, 2.75) is 12.8 Å². The van der Waals surface area contributed by atoms with Gasteiger partial charge in [-0.05, 0) is 49.4 Å². The molecule has 6 heteroatoms. The average molecular weight is 383 g/mol. The van der Waals surface area contributed by atoms with Gasteiger partial charge >= 0.3 is 0 Å². The summed E-state index contributed by atoms with van der Waals surface area (Å²) in [7, 11) is 5.38. The van der Waals surface area contributed by atoms with Crippen LogP contribution in [0.25, 0.3) is 0 Å². The minimum absolute atomic E-state index is 0.0165. The Morgan fingerprint density at radius 2 is 1.71 bits per heavy atom. The lowest BCUT2D eigenvalue weighted by Crippen LogP contribution is -2.44. The van der Waals surface area contributed by atoms with Crippen LogP contribution in [0.3, 0.4) is 0 Å². The smallest absolute Gasteiger partial charge is 0.224 e. The first kappa shape index (κ1) is 20.0. The fourth-order valence-corrected chi connectivity index (χ4v) is 3.44. The number of para-hydroxylation sites is 1. The molecule has 3 rings (SSSR count). The second kappa shape index (κ2) is 9.46. The average Bonchev–Trinajstić information content (AvgIpc) is 2.73. The summed E-state index contributed by atoms with van der Waals surface area (Å²) in [5, 5.41) is 2.98. The predicted molar refractivity (Wildman–Crippen MR) is 113 cm³/mol. The number of hydrogen-bond acceptors (Lipinski definition) is 5. The van der Waals surface area contributed by atoms with Crippen molar-refractivity contribution in [1.29, 1.82) is 0 Å². The van der Waals surface area contributed by atoms with E-state index < -0.39 is 0 Å². The largest absolute Gasteiger partial charge is 0.493 e. The van der Waals surface area contributed by atoms with Crippen molar-refractivity contribution in [1.82, 2.24) is 4.90 Å². The van der Waals surface area contributed by atoms with Gasteiger partial charge in [0.05, 0.1) is 14.2 Å². The number of piperazine rings is 1. The number of amides is 1. The molecule has 0 bridgehead atoms. The number of nitrogens with one attached hydrogen (secondary N) is 1. The number of carbonyl (C=O) groups excluding carboxylic acids is 1. The Morgan fingerprint density at radius 1 is 1.00 bits per heavy atom. The summed E-state index contributed by atoms with van der Waals surface area (Å²) in [5.74, 6) is 1.35. The molecule has 28 heavy (non-hydrogen) atoms. The number of ether oxygens (including phenoxy) is 2. The van der Waals surface area contributed by atoms with E-state index in [4.69, 9.17) is 9.47 Å². The molecule has 0 radical (unpaired) electrons. The molecule has 150 valence electrons. The molecule has 1 fully saturated rings. The fourth-order valence-electron chi connectivity index (χ4n) is 3.44. The Bertz CT molecular complexity index is 784. The number of methoxy groups -OCH3 is 2. The molecule has 0 saturated carbocycles. The first-order chi connectivity index (χ1) is 13.6. The summed E-state index contributed by atoms with van der Waals surface area (Å²) in [5.41, 5.74) is 2.98. The molecule has 6 nitrogen and oxygen atoms in total. The van der Waals surface area contributed by atoms with Crippen molar-refractivity contribution in [3.63, 3.8) is 0 Å². The van der Waals surface area contributed by atoms with Gasteiger partial charge in [-0.2, -0.15) is 0 Å². The van der Waals surface area contributed by atoms with E-state index in [0.717, 1.165) is 37.4 Å². The molecule has 0 aromatic heterocycles. The van der Waals surface area contributed by atoms with E-state index in [1.165, 1.54) is 5.69 Å². The van der Waals surface area contributed by atoms with Crippen LogP contribution in [0.1, 0.15) is 12.0 Å². The molecule has 0 atom stereocenters. The molecule has 1 amide bonds. The second-order valence-corrected chi connectivity index (χ2v) is 7.04. The van der Waals surface area contributed by atoms with Crippen molar-refractivity contribution in [2.75, 3.05) is 57.7 Å². The molecule has 1 saturated heterocycles. The van der Waals surface area contributed by atoms with E-state index in [2.05, 4.69) is 34.3 Å². The zero-order chi connectivity index (χ0) is 19.9. The maximum absolute atomic E-state index is 12.4. The summed E-state index contributed by atoms with van der Waals surface area (Å²) < 4.78 is 10.7. The number of nitrogens with zero attached hydrogens (tertiary/aromatic N) is 2. The second-order valence-electron chi connectivity index (χ2n) is 7.04. The quantitative estimate of drug-likeness (QED) is 0.797. The normalized spacial score (nSPS) is 14.6. The van der Waals surface area contributed by atoms with Crippen LogP contribution in [0.5, 0.6) is 11.5 Å². The van der Waals surface area contributed by atoms with Gasteiger partial charge in [0.2, 0.25) is 5.91 Å². The number of carbonyl (C=O) groups is 1. The number of aryl methyl sites for hydroxylation is 1. The van der Waals surface area contributed by atoms with E-state index in [9.17, 15) is 4.79 Å². The zero-order valence-corrected chi connectivity index (χ0v) is 16.9. The summed E-state index contributed by atoms with van der Waals surface area (Å²) in [6, 6.07) is 13.8. The molecule has 0 unspecified atom stereocenters. The van der Waals surface area contributed by atoms with E-state index in [1.807, 2.05) is 30.3 Å². The van der Waals surface area contributed by atoms with Gasteiger partial charge in [0, 0.05) is 44.0 Å². The van der Waals surface area contributed by atoms with Crippen LogP contribution in [0.2, 0.25) is 0 Å². The SMILES string of the molecule is COc1cccc(CCC(=O)Nc2ccc(N3CCN(C)CC3)cc2)c1OC. The molecule has 1 aliphatic rings. The maximum Gasteiger partial charge on any atom is 0.224 e. The highest BCUT2D eigenvalue weighted by atomic mass is 16.5. The topological polar surface area (TPSA) is 54.0 Å². The van der Waals surface area contributed by atoms with Gasteiger partial charge in [-0.1, -0.05) is 12.1 Å². The maximum atomic E-state index is 12.4. The number of anilines is 2. The van der Waals surface area contributed by atoms with Gasteiger partial charge in [-0.3, -0.25) is 4.79 Å². The first-order valence-corrected chi connectivity index (χ1v) is 9.64. The third-order valence-corrected chi connectivity index (χ3v) is 5.13. The highest BCUT2D eigenvalue weighted by Gasteiger charge is 2.14. The summed E-state index contributed by atoms with van der Waals surface area (Å²) in [6.45, 7) is 4.22. The van der Waals surface area contributed by atoms with Crippen LogP contribution >= 0.6 is 0 Å². The summed E-state index contributed by atoms with van der Waals surface area (Å²) in [4.78, 5) is 17.1. The fraction of sp³-hybridized carbons (Fsp3) is 0.409. The molecule has 2 aromatic carbocycles. The van der Waals surface area contributed by atoms with Crippen LogP contribution in [-0.2, 0) is 11.2 Å². The van der Waals surface area contributed by atoms with Crippen LogP contribution in [0, 0.1) is 0 Å². The minimum atomic E-state index is -0.0165. The van der Waals surface area contributed by atoms with Crippen LogP contribution < -0.4 is 19.7 Å². The molecular formula is C22H29N3O3. The van der Waals surface area contributed by atoms with Crippen LogP contribution in [0.4, 0.5) is 11.4 Å². The molecule has 1 aliphatic heterocycles. The van der Waals surface area contributed by atoms with E-state index in [0.29, 0.717) is 24.3 Å². The Hall–Kier alpha value is -2.73. The lowest BCUT2D eigenvalue weighted by atomic mass is 10.1. The highest BCUT2D eigenvalue weighted by molar-refractivity contribution is 5.91. The Balaban J connectivity index is 1.54. The molecule has 2 aromatic rings. The van der Waals surface area contributed by atoms with Gasteiger partial charge in [-0.25, -0.2) is 0 Å². The monoisotopic (exact) mass is 383 g/mol. The third-order valence-electron chi connectivity index (χ3n) is 5.13. The number of hydrogen-bond donors (Lipinski definition) is 1. The number of likely N-dealkylation sites (N-methyl/N-ethyl adjacent to an activating group) is 1. The van der Waals surface area contributed by atoms with Gasteiger partial charge in [0.15, 0.2) is 11.5 Å². The lowest BCUT2D eigenvalue weighted by Gasteiger charge is -2.34. The first-order valence-electron chi connectivity index (χ1n) is 9.64. The predicted octanol–water partition coefficient (Wildman–Crippen LogP) is 3.03. The summed E-state index contributed by atoms with van der Waals surface area (Å²) >= 11 is 0. The zero-order valence-electron chi connectivity index (χ0n) is 16.9. The van der Waals surface area contributed by atoms with Crippen LogP contribution in [0.15, 0.2) is 42.5 Å². The molecule has 1 N–H and O–H groups in total. The van der Waals surface area contributed by atoms with Crippen molar-refractivity contribution in [2.24, 2.45) is 0 Å². The van der Waals surface area contributed by atoms with Gasteiger partial charge in [0.1, 0.15) is 0 Å². The van der Waals surface area contributed by atoms with E-state index >= 15 is 0 Å². The Labute approximate surface area is 167 Å². The number of rotatable bonds is 7. The Morgan fingerprint density at radius 3 is 2.36 bits per heavy atom. The third kappa shape index (κ3) is 4.95. The molecule has 0 spiro atoms. The minimum Gasteiger partial charge on any atom is -0.493 e. The molecule has 1 heterocycles. The lowest BCUT2D eigenvalue weighted by molar-refractivity contribution is -0.116. The molecular weight excluding hydrogens is 354 g/mol.